The molecule has 0 unspecified atom stereocenters. The van der Waals surface area contributed by atoms with E-state index in [1.165, 1.54) is 0 Å². The lowest BCUT2D eigenvalue weighted by Gasteiger charge is -2.32. The normalized spacial score (nSPS) is 18.3. The Labute approximate surface area is 314 Å². The van der Waals surface area contributed by atoms with Crippen molar-refractivity contribution in [2.75, 3.05) is 39.5 Å². The van der Waals surface area contributed by atoms with Crippen molar-refractivity contribution < 1.29 is 19.2 Å². The minimum Gasteiger partial charge on any atom is -0.355 e. The number of ketones is 1. The number of aromatic amines is 1. The third-order valence-corrected chi connectivity index (χ3v) is 10.5. The zero-order chi connectivity index (χ0) is 36.9. The van der Waals surface area contributed by atoms with E-state index < -0.39 is 18.1 Å². The molecule has 282 valence electrons. The van der Waals surface area contributed by atoms with Gasteiger partial charge < -0.3 is 25.4 Å². The fourth-order valence-electron chi connectivity index (χ4n) is 7.81. The van der Waals surface area contributed by atoms with Gasteiger partial charge in [-0.05, 0) is 106 Å². The summed E-state index contributed by atoms with van der Waals surface area (Å²) in [5.74, 6) is 0.231. The number of Topliss-reactive ketones (excluding diaryl/α,β-unsaturated/α-hetero) is 1. The van der Waals surface area contributed by atoms with Gasteiger partial charge in [0.25, 0.3) is 0 Å². The molecule has 0 bridgehead atoms. The lowest BCUT2D eigenvalue weighted by atomic mass is 9.99. The predicted octanol–water partition coefficient (Wildman–Crippen LogP) is 6.44. The Bertz CT molecular complexity index is 1890. The molecule has 3 heterocycles. The second-order valence-electron chi connectivity index (χ2n) is 14.9. The molecular formula is C43H56N6O4. The van der Waals surface area contributed by atoms with Gasteiger partial charge >= 0.3 is 0 Å². The number of rotatable bonds is 13. The van der Waals surface area contributed by atoms with Crippen LogP contribution in [0.4, 0.5) is 5.69 Å². The van der Waals surface area contributed by atoms with Crippen molar-refractivity contribution >= 4 is 40.1 Å². The smallest absolute Gasteiger partial charge is 0.247 e. The average molecular weight is 721 g/mol. The van der Waals surface area contributed by atoms with Crippen LogP contribution in [0.25, 0.3) is 22.2 Å². The average Bonchev–Trinajstić information content (AvgIpc) is 3.91. The molecule has 4 aromatic rings. The van der Waals surface area contributed by atoms with Crippen molar-refractivity contribution in [3.05, 3.63) is 90.0 Å². The van der Waals surface area contributed by atoms with Crippen molar-refractivity contribution in [2.45, 2.75) is 84.0 Å². The summed E-state index contributed by atoms with van der Waals surface area (Å²) < 4.78 is 0. The van der Waals surface area contributed by atoms with Gasteiger partial charge in [0.15, 0.2) is 5.78 Å². The minimum atomic E-state index is -0.487. The Kier molecular flexibility index (Phi) is 12.9. The number of nitrogens with one attached hydrogen (secondary N) is 3. The second kappa shape index (κ2) is 17.4. The first kappa shape index (κ1) is 39.4. The van der Waals surface area contributed by atoms with E-state index in [1.54, 1.807) is 16.8 Å². The molecular weight excluding hydrogens is 665 g/mol. The number of likely N-dealkylation sites (tertiary alicyclic amines) is 2. The van der Waals surface area contributed by atoms with Crippen LogP contribution in [0.15, 0.2) is 78.9 Å². The van der Waals surface area contributed by atoms with Crippen molar-refractivity contribution in [1.29, 1.82) is 0 Å². The zero-order valence-electron chi connectivity index (χ0n) is 31.0. The largest absolute Gasteiger partial charge is 0.355 e. The lowest BCUT2D eigenvalue weighted by Crippen LogP contribution is -2.51. The van der Waals surface area contributed by atoms with Gasteiger partial charge in [-0.2, -0.15) is 0 Å². The number of hydrogen-bond donors (Lipinski definition) is 3. The first-order chi connectivity index (χ1) is 25.0. The molecule has 4 atom stereocenters. The number of H-pyrrole nitrogens is 1. The fourth-order valence-corrected chi connectivity index (χ4v) is 7.81. The molecule has 10 heteroatoms. The second-order valence-corrected chi connectivity index (χ2v) is 14.9. The maximum Gasteiger partial charge on any atom is 0.247 e. The predicted molar refractivity (Wildman–Crippen MR) is 212 cm³/mol. The van der Waals surface area contributed by atoms with Gasteiger partial charge in [0.2, 0.25) is 17.7 Å². The lowest BCUT2D eigenvalue weighted by molar-refractivity contribution is -0.141. The van der Waals surface area contributed by atoms with E-state index in [2.05, 4.69) is 35.5 Å². The van der Waals surface area contributed by atoms with Crippen LogP contribution in [0, 0.1) is 5.92 Å². The van der Waals surface area contributed by atoms with Crippen molar-refractivity contribution in [3.8, 4) is 11.3 Å². The Morgan fingerprint density at radius 1 is 0.849 bits per heavy atom. The third-order valence-electron chi connectivity index (χ3n) is 10.5. The van der Waals surface area contributed by atoms with Crippen LogP contribution < -0.4 is 10.6 Å². The molecule has 6 rings (SSSR count). The molecule has 2 fully saturated rings. The van der Waals surface area contributed by atoms with Crippen LogP contribution in [-0.2, 0) is 25.6 Å². The van der Waals surface area contributed by atoms with Gasteiger partial charge in [-0.15, -0.1) is 0 Å². The summed E-state index contributed by atoms with van der Waals surface area (Å²) in [6.45, 7) is 5.40. The van der Waals surface area contributed by atoms with E-state index in [0.717, 1.165) is 52.5 Å². The van der Waals surface area contributed by atoms with E-state index in [-0.39, 0.29) is 43.4 Å². The molecule has 3 N–H and O–H groups in total. The molecule has 3 amide bonds. The number of anilines is 1. The topological polar surface area (TPSA) is 118 Å². The Balaban J connectivity index is 0.00000541. The van der Waals surface area contributed by atoms with E-state index in [9.17, 15) is 19.2 Å². The SMILES string of the molecule is C.CN[C@@H](C(=O)N1CCC[C@H]1C(=O)Cc1ccc2[nH]c(-c3ccc(NC(=O)[C@@H]4CCCN4C(=O)[C@@H](CC(C)C)N(C)C)cc3)cc2c1)c1ccccc1. The molecule has 3 aromatic carbocycles. The first-order valence-electron chi connectivity index (χ1n) is 18.6. The van der Waals surface area contributed by atoms with E-state index in [1.807, 2.05) is 91.8 Å². The quantitative estimate of drug-likeness (QED) is 0.146. The monoisotopic (exact) mass is 720 g/mol. The summed E-state index contributed by atoms with van der Waals surface area (Å²) >= 11 is 0. The van der Waals surface area contributed by atoms with Crippen molar-refractivity contribution in [1.82, 2.24) is 25.0 Å². The summed E-state index contributed by atoms with van der Waals surface area (Å²) in [6, 6.07) is 23.8. The van der Waals surface area contributed by atoms with Crippen LogP contribution in [0.1, 0.15) is 70.5 Å². The molecule has 2 aliphatic rings. The maximum atomic E-state index is 13.6. The molecule has 53 heavy (non-hydrogen) atoms. The highest BCUT2D eigenvalue weighted by atomic mass is 16.2. The highest BCUT2D eigenvalue weighted by Gasteiger charge is 2.39. The molecule has 10 nitrogen and oxygen atoms in total. The number of nitrogens with zero attached hydrogens (tertiary/aromatic N) is 3. The number of carbonyl (C=O) groups excluding carboxylic acids is 4. The van der Waals surface area contributed by atoms with Gasteiger partial charge in [-0.1, -0.05) is 69.8 Å². The number of hydrogen-bond acceptors (Lipinski definition) is 6. The highest BCUT2D eigenvalue weighted by Crippen LogP contribution is 2.29. The Morgan fingerprint density at radius 2 is 1.51 bits per heavy atom. The van der Waals surface area contributed by atoms with Crippen LogP contribution in [-0.4, -0.2) is 95.5 Å². The zero-order valence-corrected chi connectivity index (χ0v) is 31.0. The number of aromatic nitrogens is 1. The number of carbonyl (C=O) groups is 4. The molecule has 1 aromatic heterocycles. The summed E-state index contributed by atoms with van der Waals surface area (Å²) in [5, 5.41) is 7.18. The number of amides is 3. The minimum absolute atomic E-state index is 0. The molecule has 0 aliphatic carbocycles. The van der Waals surface area contributed by atoms with Gasteiger partial charge in [-0.3, -0.25) is 24.1 Å². The van der Waals surface area contributed by atoms with Crippen LogP contribution >= 0.6 is 0 Å². The summed E-state index contributed by atoms with van der Waals surface area (Å²) in [4.78, 5) is 63.0. The number of fused-ring (bicyclic) bond motifs is 1. The highest BCUT2D eigenvalue weighted by molar-refractivity contribution is 5.98. The van der Waals surface area contributed by atoms with Crippen LogP contribution in [0.2, 0.25) is 0 Å². The summed E-state index contributed by atoms with van der Waals surface area (Å²) in [6.07, 6.45) is 3.96. The van der Waals surface area contributed by atoms with E-state index >= 15 is 0 Å². The van der Waals surface area contributed by atoms with Crippen LogP contribution in [0.5, 0.6) is 0 Å². The van der Waals surface area contributed by atoms with Crippen molar-refractivity contribution in [3.63, 3.8) is 0 Å². The van der Waals surface area contributed by atoms with Gasteiger partial charge in [0.1, 0.15) is 12.1 Å². The van der Waals surface area contributed by atoms with Gasteiger partial charge in [0.05, 0.1) is 12.1 Å². The molecule has 2 aliphatic heterocycles. The molecule has 2 saturated heterocycles. The molecule has 0 radical (unpaired) electrons. The molecule has 0 saturated carbocycles. The van der Waals surface area contributed by atoms with Gasteiger partial charge in [0, 0.05) is 41.8 Å². The Hall–Kier alpha value is -4.80. The van der Waals surface area contributed by atoms with Crippen LogP contribution in [0.3, 0.4) is 0 Å². The number of benzene rings is 3. The fraction of sp³-hybridized carbons (Fsp3) is 0.442. The Morgan fingerprint density at radius 3 is 2.15 bits per heavy atom. The standard InChI is InChI=1S/C42H52N6O4.CH4/c1-27(2)23-37(46(4)5)41(51)48-22-10-14-36(48)40(50)44-32-18-16-29(17-19-32)34-26-31-24-28(15-20-33(31)45-34)25-38(49)35-13-9-21-47(35)42(52)39(43-3)30-11-7-6-8-12-30;/h6-8,11-12,15-20,24,26-27,35-37,39,43,45H,9-10,13-14,21-23,25H2,1-5H3,(H,44,50);1H4/t35-,36-,37+,39+;/m0./s1. The third kappa shape index (κ3) is 8.88. The first-order valence-corrected chi connectivity index (χ1v) is 18.6. The summed E-state index contributed by atoms with van der Waals surface area (Å²) in [5.41, 5.74) is 5.33. The number of likely N-dealkylation sites (N-methyl/N-ethyl adjacent to an activating group) is 2. The van der Waals surface area contributed by atoms with Gasteiger partial charge in [-0.25, -0.2) is 0 Å². The summed E-state index contributed by atoms with van der Waals surface area (Å²) in [7, 11) is 5.62. The maximum absolute atomic E-state index is 13.6. The molecule has 0 spiro atoms. The van der Waals surface area contributed by atoms with E-state index in [4.69, 9.17) is 0 Å². The van der Waals surface area contributed by atoms with E-state index in [0.29, 0.717) is 37.5 Å². The van der Waals surface area contributed by atoms with Crippen molar-refractivity contribution in [2.24, 2.45) is 5.92 Å².